The molecule has 0 bridgehead atoms. The number of hydrogen-bond donors (Lipinski definition) is 1. The van der Waals surface area contributed by atoms with Crippen LogP contribution in [0.3, 0.4) is 0 Å². The fraction of sp³-hybridized carbons (Fsp3) is 0.167. The molecule has 0 amide bonds. The maximum Gasteiger partial charge on any atom is 0.133 e. The number of aromatic nitrogens is 4. The molecule has 2 rings (SSSR count). The Labute approximate surface area is 63.0 Å². The standard InChI is InChI=1S/C6H7N5/c1-7-11-6-2-3-8-4-5(6)9-10-11/h2-4,7H,1H3. The molecule has 5 heteroatoms. The first-order chi connectivity index (χ1) is 5.42. The summed E-state index contributed by atoms with van der Waals surface area (Å²) in [6, 6.07) is 1.85. The smallest absolute Gasteiger partial charge is 0.133 e. The van der Waals surface area contributed by atoms with Gasteiger partial charge in [0.2, 0.25) is 0 Å². The molecule has 11 heavy (non-hydrogen) atoms. The van der Waals surface area contributed by atoms with Gasteiger partial charge >= 0.3 is 0 Å². The highest BCUT2D eigenvalue weighted by atomic mass is 15.6. The van der Waals surface area contributed by atoms with E-state index in [0.717, 1.165) is 11.0 Å². The van der Waals surface area contributed by atoms with Crippen molar-refractivity contribution in [2.75, 3.05) is 12.5 Å². The lowest BCUT2D eigenvalue weighted by atomic mass is 10.4. The number of nitrogens with zero attached hydrogens (tertiary/aromatic N) is 4. The van der Waals surface area contributed by atoms with E-state index in [4.69, 9.17) is 0 Å². The highest BCUT2D eigenvalue weighted by Gasteiger charge is 1.99. The van der Waals surface area contributed by atoms with Crippen LogP contribution < -0.4 is 5.43 Å². The monoisotopic (exact) mass is 149 g/mol. The first-order valence-electron chi connectivity index (χ1n) is 3.25. The van der Waals surface area contributed by atoms with Crippen LogP contribution in [0.5, 0.6) is 0 Å². The number of nitrogens with one attached hydrogen (secondary N) is 1. The van der Waals surface area contributed by atoms with Crippen molar-refractivity contribution >= 4 is 11.0 Å². The molecule has 1 N–H and O–H groups in total. The predicted octanol–water partition coefficient (Wildman–Crippen LogP) is -0.000400. The van der Waals surface area contributed by atoms with Crippen molar-refractivity contribution in [2.24, 2.45) is 0 Å². The van der Waals surface area contributed by atoms with Gasteiger partial charge in [0.15, 0.2) is 0 Å². The molecule has 0 unspecified atom stereocenters. The van der Waals surface area contributed by atoms with Crippen molar-refractivity contribution in [3.8, 4) is 0 Å². The van der Waals surface area contributed by atoms with Crippen molar-refractivity contribution in [3.05, 3.63) is 18.5 Å². The van der Waals surface area contributed by atoms with Gasteiger partial charge in [0.1, 0.15) is 11.0 Å². The van der Waals surface area contributed by atoms with Crippen LogP contribution >= 0.6 is 0 Å². The molecule has 0 aromatic carbocycles. The minimum atomic E-state index is 0.793. The summed E-state index contributed by atoms with van der Waals surface area (Å²) in [5.74, 6) is 0. The number of pyridine rings is 1. The topological polar surface area (TPSA) is 55.6 Å². The number of fused-ring (bicyclic) bond motifs is 1. The zero-order chi connectivity index (χ0) is 7.68. The second kappa shape index (κ2) is 2.19. The van der Waals surface area contributed by atoms with E-state index in [1.807, 2.05) is 6.07 Å². The highest BCUT2D eigenvalue weighted by molar-refractivity contribution is 5.72. The average Bonchev–Trinajstić information content (AvgIpc) is 2.47. The molecule has 0 aliphatic carbocycles. The third-order valence-electron chi connectivity index (χ3n) is 1.46. The van der Waals surface area contributed by atoms with Crippen molar-refractivity contribution in [2.45, 2.75) is 0 Å². The fourth-order valence-corrected chi connectivity index (χ4v) is 0.941. The maximum atomic E-state index is 3.92. The Morgan fingerprint density at radius 1 is 1.55 bits per heavy atom. The maximum absolute atomic E-state index is 3.92. The second-order valence-corrected chi connectivity index (χ2v) is 2.09. The average molecular weight is 149 g/mol. The van der Waals surface area contributed by atoms with E-state index >= 15 is 0 Å². The van der Waals surface area contributed by atoms with Crippen LogP contribution in [0, 0.1) is 0 Å². The molecule has 2 aromatic rings. The first-order valence-corrected chi connectivity index (χ1v) is 3.25. The number of hydrogen-bond acceptors (Lipinski definition) is 4. The van der Waals surface area contributed by atoms with Gasteiger partial charge in [-0.15, -0.1) is 5.10 Å². The Kier molecular flexibility index (Phi) is 1.21. The molecule has 0 saturated heterocycles. The normalized spacial score (nSPS) is 10.3. The van der Waals surface area contributed by atoms with Crippen molar-refractivity contribution in [1.82, 2.24) is 20.1 Å². The summed E-state index contributed by atoms with van der Waals surface area (Å²) in [7, 11) is 1.79. The van der Waals surface area contributed by atoms with Crippen LogP contribution in [0.15, 0.2) is 18.5 Å². The van der Waals surface area contributed by atoms with Gasteiger partial charge in [0.25, 0.3) is 0 Å². The fourth-order valence-electron chi connectivity index (χ4n) is 0.941. The Morgan fingerprint density at radius 3 is 3.27 bits per heavy atom. The van der Waals surface area contributed by atoms with Crippen LogP contribution in [-0.4, -0.2) is 27.1 Å². The van der Waals surface area contributed by atoms with Crippen molar-refractivity contribution < 1.29 is 0 Å². The Balaban J connectivity index is 2.76. The van der Waals surface area contributed by atoms with E-state index in [2.05, 4.69) is 20.7 Å². The molecule has 56 valence electrons. The summed E-state index contributed by atoms with van der Waals surface area (Å²) in [6.07, 6.45) is 3.38. The third-order valence-corrected chi connectivity index (χ3v) is 1.46. The minimum absolute atomic E-state index is 0.793. The minimum Gasteiger partial charge on any atom is -0.311 e. The quantitative estimate of drug-likeness (QED) is 0.620. The van der Waals surface area contributed by atoms with Crippen LogP contribution in [-0.2, 0) is 0 Å². The predicted molar refractivity (Wildman–Crippen MR) is 40.6 cm³/mol. The summed E-state index contributed by atoms with van der Waals surface area (Å²) >= 11 is 0. The zero-order valence-electron chi connectivity index (χ0n) is 6.02. The lowest BCUT2D eigenvalue weighted by Crippen LogP contribution is -2.09. The van der Waals surface area contributed by atoms with E-state index in [1.54, 1.807) is 24.2 Å². The van der Waals surface area contributed by atoms with Gasteiger partial charge in [-0.2, -0.15) is 4.79 Å². The van der Waals surface area contributed by atoms with Gasteiger partial charge < -0.3 is 5.43 Å². The van der Waals surface area contributed by atoms with E-state index in [0.29, 0.717) is 0 Å². The molecule has 2 aromatic heterocycles. The van der Waals surface area contributed by atoms with Crippen LogP contribution in [0.2, 0.25) is 0 Å². The molecule has 0 atom stereocenters. The van der Waals surface area contributed by atoms with Crippen molar-refractivity contribution in [3.63, 3.8) is 0 Å². The van der Waals surface area contributed by atoms with Gasteiger partial charge in [-0.25, -0.2) is 0 Å². The van der Waals surface area contributed by atoms with Crippen LogP contribution in [0.25, 0.3) is 11.0 Å². The number of rotatable bonds is 1. The van der Waals surface area contributed by atoms with Gasteiger partial charge in [-0.3, -0.25) is 4.98 Å². The third kappa shape index (κ3) is 0.813. The summed E-state index contributed by atoms with van der Waals surface area (Å²) < 4.78 is 0. The van der Waals surface area contributed by atoms with Crippen LogP contribution in [0.4, 0.5) is 0 Å². The molecular weight excluding hydrogens is 142 g/mol. The Morgan fingerprint density at radius 2 is 2.45 bits per heavy atom. The molecule has 0 aliphatic rings. The first kappa shape index (κ1) is 6.09. The molecular formula is C6H7N5. The van der Waals surface area contributed by atoms with E-state index in [9.17, 15) is 0 Å². The second-order valence-electron chi connectivity index (χ2n) is 2.09. The van der Waals surface area contributed by atoms with Crippen LogP contribution in [0.1, 0.15) is 0 Å². The van der Waals surface area contributed by atoms with Gasteiger partial charge in [0, 0.05) is 13.2 Å². The van der Waals surface area contributed by atoms with E-state index in [-0.39, 0.29) is 0 Å². The summed E-state index contributed by atoms with van der Waals surface area (Å²) in [5, 5.41) is 7.71. The molecule has 0 saturated carbocycles. The van der Waals surface area contributed by atoms with E-state index in [1.165, 1.54) is 0 Å². The molecule has 2 heterocycles. The van der Waals surface area contributed by atoms with E-state index < -0.39 is 0 Å². The lowest BCUT2D eigenvalue weighted by molar-refractivity contribution is 0.749. The lowest BCUT2D eigenvalue weighted by Gasteiger charge is -1.96. The molecule has 5 nitrogen and oxygen atoms in total. The highest BCUT2D eigenvalue weighted by Crippen LogP contribution is 2.04. The summed E-state index contributed by atoms with van der Waals surface area (Å²) in [4.78, 5) is 5.51. The molecule has 0 radical (unpaired) electrons. The molecule has 0 spiro atoms. The van der Waals surface area contributed by atoms with Gasteiger partial charge in [-0.1, -0.05) is 0 Å². The van der Waals surface area contributed by atoms with Gasteiger partial charge in [0.05, 0.1) is 6.20 Å². The van der Waals surface area contributed by atoms with Crippen molar-refractivity contribution in [1.29, 1.82) is 0 Å². The Hall–Kier alpha value is -1.65. The van der Waals surface area contributed by atoms with Gasteiger partial charge in [-0.05, 0) is 11.3 Å². The summed E-state index contributed by atoms with van der Waals surface area (Å²) in [5.41, 5.74) is 4.59. The Bertz CT molecular complexity index is 366. The molecule has 0 aliphatic heterocycles. The largest absolute Gasteiger partial charge is 0.311 e. The SMILES string of the molecule is CNn1nnc2cnccc21. The summed E-state index contributed by atoms with van der Waals surface area (Å²) in [6.45, 7) is 0. The zero-order valence-corrected chi connectivity index (χ0v) is 6.02. The molecule has 0 fully saturated rings.